The van der Waals surface area contributed by atoms with Crippen LogP contribution >= 0.6 is 0 Å². The van der Waals surface area contributed by atoms with Gasteiger partial charge in [0.1, 0.15) is 18.9 Å². The molecule has 1 aromatic carbocycles. The van der Waals surface area contributed by atoms with E-state index >= 15 is 0 Å². The number of hydrogen-bond donors (Lipinski definition) is 1. The van der Waals surface area contributed by atoms with Crippen LogP contribution in [-0.2, 0) is 37.1 Å². The zero-order valence-electron chi connectivity index (χ0n) is 16.7. The molecule has 10 heteroatoms. The summed E-state index contributed by atoms with van der Waals surface area (Å²) in [5.74, 6) is -0.596. The van der Waals surface area contributed by atoms with Gasteiger partial charge in [-0.1, -0.05) is 30.3 Å². The molecule has 3 rings (SSSR count). The van der Waals surface area contributed by atoms with Crippen molar-refractivity contribution in [2.75, 3.05) is 13.7 Å². The maximum atomic E-state index is 13.0. The van der Waals surface area contributed by atoms with E-state index < -0.39 is 48.4 Å². The van der Waals surface area contributed by atoms with E-state index in [2.05, 4.69) is 0 Å². The molecule has 10 nitrogen and oxygen atoms in total. The first-order valence-corrected chi connectivity index (χ1v) is 9.36. The molecule has 0 unspecified atom stereocenters. The van der Waals surface area contributed by atoms with Crippen molar-refractivity contribution in [2.45, 2.75) is 44.8 Å². The molecule has 1 saturated heterocycles. The van der Waals surface area contributed by atoms with Crippen molar-refractivity contribution in [3.8, 4) is 0 Å². The summed E-state index contributed by atoms with van der Waals surface area (Å²) in [5, 5.41) is 9.57. The standard InChI is InChI=1S/C20H24N2O8/c1-13(24)29-18-17(27-2)15(10-23)30-19(18)21-9-8-16(25)22(20(21)26)12-28-11-14-6-4-3-5-7-14/h3-9,15,17-19,23H,10-12H2,1-2H3/t15-,17-,18-,19-/m1/s1. The highest BCUT2D eigenvalue weighted by Crippen LogP contribution is 2.32. The van der Waals surface area contributed by atoms with Gasteiger partial charge in [0.2, 0.25) is 0 Å². The summed E-state index contributed by atoms with van der Waals surface area (Å²) in [4.78, 5) is 36.7. The number of hydrogen-bond acceptors (Lipinski definition) is 8. The molecule has 1 fully saturated rings. The topological polar surface area (TPSA) is 118 Å². The first kappa shape index (κ1) is 21.9. The van der Waals surface area contributed by atoms with Crippen LogP contribution in [0, 0.1) is 0 Å². The van der Waals surface area contributed by atoms with Gasteiger partial charge in [-0.2, -0.15) is 0 Å². The number of aliphatic hydroxyl groups is 1. The molecule has 2 aromatic rings. The van der Waals surface area contributed by atoms with E-state index in [9.17, 15) is 19.5 Å². The summed E-state index contributed by atoms with van der Waals surface area (Å²) in [6, 6.07) is 10.5. The molecule has 2 heterocycles. The number of rotatable bonds is 8. The predicted molar refractivity (Wildman–Crippen MR) is 104 cm³/mol. The van der Waals surface area contributed by atoms with Gasteiger partial charge in [-0.05, 0) is 5.56 Å². The lowest BCUT2D eigenvalue weighted by Gasteiger charge is -2.23. The maximum absolute atomic E-state index is 13.0. The van der Waals surface area contributed by atoms with Crippen LogP contribution in [0.1, 0.15) is 18.7 Å². The highest BCUT2D eigenvalue weighted by atomic mass is 16.6. The minimum Gasteiger partial charge on any atom is -0.455 e. The summed E-state index contributed by atoms with van der Waals surface area (Å²) < 4.78 is 23.9. The normalized spacial score (nSPS) is 23.4. The summed E-state index contributed by atoms with van der Waals surface area (Å²) in [6.07, 6.45) is -2.41. The molecular weight excluding hydrogens is 396 g/mol. The molecular formula is C20H24N2O8. The predicted octanol–water partition coefficient (Wildman–Crippen LogP) is 0.0207. The van der Waals surface area contributed by atoms with Gasteiger partial charge < -0.3 is 24.1 Å². The lowest BCUT2D eigenvalue weighted by atomic mass is 10.1. The van der Waals surface area contributed by atoms with Gasteiger partial charge in [-0.25, -0.2) is 9.36 Å². The average molecular weight is 420 g/mol. The molecule has 1 aromatic heterocycles. The Bertz CT molecular complexity index is 971. The van der Waals surface area contributed by atoms with Crippen LogP contribution in [0.15, 0.2) is 52.2 Å². The molecule has 0 saturated carbocycles. The zero-order chi connectivity index (χ0) is 21.7. The smallest absolute Gasteiger partial charge is 0.335 e. The van der Waals surface area contributed by atoms with Crippen molar-refractivity contribution in [1.29, 1.82) is 0 Å². The van der Waals surface area contributed by atoms with E-state index in [-0.39, 0.29) is 13.3 Å². The van der Waals surface area contributed by atoms with Crippen molar-refractivity contribution in [3.05, 3.63) is 69.0 Å². The van der Waals surface area contributed by atoms with Crippen molar-refractivity contribution < 1.29 is 28.8 Å². The Balaban J connectivity index is 1.86. The Kier molecular flexibility index (Phi) is 7.16. The fourth-order valence-corrected chi connectivity index (χ4v) is 3.35. The second-order valence-electron chi connectivity index (χ2n) is 6.76. The van der Waals surface area contributed by atoms with Gasteiger partial charge >= 0.3 is 11.7 Å². The van der Waals surface area contributed by atoms with E-state index in [1.54, 1.807) is 0 Å². The second kappa shape index (κ2) is 9.81. The van der Waals surface area contributed by atoms with Gasteiger partial charge in [0.25, 0.3) is 5.56 Å². The fourth-order valence-electron chi connectivity index (χ4n) is 3.35. The Labute approximate surface area is 172 Å². The summed E-state index contributed by atoms with van der Waals surface area (Å²) >= 11 is 0. The number of ether oxygens (including phenoxy) is 4. The van der Waals surface area contributed by atoms with Crippen molar-refractivity contribution in [1.82, 2.24) is 9.13 Å². The van der Waals surface area contributed by atoms with E-state index in [4.69, 9.17) is 18.9 Å². The van der Waals surface area contributed by atoms with Crippen LogP contribution in [0.4, 0.5) is 0 Å². The molecule has 0 aliphatic carbocycles. The summed E-state index contributed by atoms with van der Waals surface area (Å²) in [5.41, 5.74) is -0.357. The SMILES string of the molecule is CO[C@H]1[C@@H](OC(C)=O)[C@H](n2ccc(=O)n(COCc3ccccc3)c2=O)O[C@@H]1CO. The summed E-state index contributed by atoms with van der Waals surface area (Å²) in [6.45, 7) is 0.768. The van der Waals surface area contributed by atoms with Gasteiger partial charge in [0.15, 0.2) is 12.3 Å². The van der Waals surface area contributed by atoms with Gasteiger partial charge in [-0.15, -0.1) is 0 Å². The third-order valence-corrected chi connectivity index (χ3v) is 4.74. The Hall–Kier alpha value is -2.79. The van der Waals surface area contributed by atoms with Crippen LogP contribution in [0.2, 0.25) is 0 Å². The van der Waals surface area contributed by atoms with Crippen molar-refractivity contribution in [2.24, 2.45) is 0 Å². The number of carbonyl (C=O) groups is 1. The van der Waals surface area contributed by atoms with E-state index in [0.717, 1.165) is 14.7 Å². The minimum absolute atomic E-state index is 0.218. The van der Waals surface area contributed by atoms with E-state index in [1.807, 2.05) is 30.3 Å². The molecule has 30 heavy (non-hydrogen) atoms. The number of aliphatic hydroxyl groups excluding tert-OH is 1. The molecule has 0 amide bonds. The summed E-state index contributed by atoms with van der Waals surface area (Å²) in [7, 11) is 1.39. The lowest BCUT2D eigenvalue weighted by Crippen LogP contribution is -2.44. The highest BCUT2D eigenvalue weighted by Gasteiger charge is 2.48. The second-order valence-corrected chi connectivity index (χ2v) is 6.76. The Morgan fingerprint density at radius 3 is 2.53 bits per heavy atom. The monoisotopic (exact) mass is 420 g/mol. The Morgan fingerprint density at radius 1 is 1.17 bits per heavy atom. The molecule has 1 N–H and O–H groups in total. The van der Waals surface area contributed by atoms with Crippen LogP contribution in [0.5, 0.6) is 0 Å². The van der Waals surface area contributed by atoms with Gasteiger partial charge in [0.05, 0.1) is 13.2 Å². The number of nitrogens with zero attached hydrogens (tertiary/aromatic N) is 2. The first-order chi connectivity index (χ1) is 14.5. The number of carbonyl (C=O) groups excluding carboxylic acids is 1. The zero-order valence-corrected chi connectivity index (χ0v) is 16.7. The molecule has 1 aliphatic rings. The molecule has 0 spiro atoms. The highest BCUT2D eigenvalue weighted by molar-refractivity contribution is 5.66. The molecule has 162 valence electrons. The third kappa shape index (κ3) is 4.68. The number of aromatic nitrogens is 2. The minimum atomic E-state index is -1.08. The quantitative estimate of drug-likeness (QED) is 0.594. The van der Waals surface area contributed by atoms with Crippen molar-refractivity contribution >= 4 is 5.97 Å². The molecule has 1 aliphatic heterocycles. The van der Waals surface area contributed by atoms with Crippen LogP contribution < -0.4 is 11.2 Å². The number of esters is 1. The van der Waals surface area contributed by atoms with Crippen LogP contribution in [-0.4, -0.2) is 52.2 Å². The molecule has 0 bridgehead atoms. The largest absolute Gasteiger partial charge is 0.455 e. The van der Waals surface area contributed by atoms with Crippen molar-refractivity contribution in [3.63, 3.8) is 0 Å². The number of benzene rings is 1. The Morgan fingerprint density at radius 2 is 1.90 bits per heavy atom. The lowest BCUT2D eigenvalue weighted by molar-refractivity contribution is -0.157. The van der Waals surface area contributed by atoms with Gasteiger partial charge in [0, 0.05) is 26.3 Å². The van der Waals surface area contributed by atoms with Crippen LogP contribution in [0.3, 0.4) is 0 Å². The average Bonchev–Trinajstić information content (AvgIpc) is 3.07. The first-order valence-electron chi connectivity index (χ1n) is 9.36. The molecule has 4 atom stereocenters. The fraction of sp³-hybridized carbons (Fsp3) is 0.450. The third-order valence-electron chi connectivity index (χ3n) is 4.74. The molecule has 0 radical (unpaired) electrons. The van der Waals surface area contributed by atoms with E-state index in [0.29, 0.717) is 0 Å². The maximum Gasteiger partial charge on any atom is 0.335 e. The van der Waals surface area contributed by atoms with Gasteiger partial charge in [-0.3, -0.25) is 14.2 Å². The van der Waals surface area contributed by atoms with Crippen LogP contribution in [0.25, 0.3) is 0 Å². The van der Waals surface area contributed by atoms with E-state index in [1.165, 1.54) is 26.3 Å². The number of methoxy groups -OCH3 is 1.